The van der Waals surface area contributed by atoms with Crippen LogP contribution in [0.3, 0.4) is 0 Å². The van der Waals surface area contributed by atoms with Gasteiger partial charge in [-0.1, -0.05) is 26.0 Å². The summed E-state index contributed by atoms with van der Waals surface area (Å²) in [6.45, 7) is 4.40. The zero-order valence-electron chi connectivity index (χ0n) is 9.73. The molecule has 3 heteroatoms. The van der Waals surface area contributed by atoms with Crippen molar-refractivity contribution in [1.82, 2.24) is 4.98 Å². The quantitative estimate of drug-likeness (QED) is 0.843. The third-order valence-electron chi connectivity index (χ3n) is 2.73. The van der Waals surface area contributed by atoms with E-state index in [0.717, 1.165) is 6.42 Å². The van der Waals surface area contributed by atoms with E-state index in [4.69, 9.17) is 5.73 Å². The smallest absolute Gasteiger partial charge is 0.0457 e. The first-order valence-electron chi connectivity index (χ1n) is 5.49. The second kappa shape index (κ2) is 5.37. The molecule has 0 amide bonds. The summed E-state index contributed by atoms with van der Waals surface area (Å²) in [7, 11) is 0. The summed E-state index contributed by atoms with van der Waals surface area (Å²) in [6.07, 6.45) is 2.99. The maximum Gasteiger partial charge on any atom is 0.0457 e. The van der Waals surface area contributed by atoms with Gasteiger partial charge in [0.15, 0.2) is 0 Å². The predicted molar refractivity (Wildman–Crippen MR) is 71.9 cm³/mol. The number of aromatic amines is 1. The van der Waals surface area contributed by atoms with Gasteiger partial charge >= 0.3 is 0 Å². The normalized spacial score (nSPS) is 12.8. The molecule has 0 aliphatic carbocycles. The lowest BCUT2D eigenvalue weighted by atomic mass is 9.97. The maximum absolute atomic E-state index is 6.14. The van der Waals surface area contributed by atoms with Crippen LogP contribution >= 0.6 is 12.4 Å². The van der Waals surface area contributed by atoms with E-state index in [-0.39, 0.29) is 18.4 Å². The Hall–Kier alpha value is -0.990. The van der Waals surface area contributed by atoms with Gasteiger partial charge in [0, 0.05) is 17.8 Å². The van der Waals surface area contributed by atoms with E-state index in [1.807, 2.05) is 6.20 Å². The molecule has 0 aliphatic heterocycles. The third kappa shape index (κ3) is 2.77. The van der Waals surface area contributed by atoms with Gasteiger partial charge in [0.1, 0.15) is 0 Å². The molecule has 1 heterocycles. The average Bonchev–Trinajstić information content (AvgIpc) is 2.62. The molecular weight excluding hydrogens is 220 g/mol. The second-order valence-electron chi connectivity index (χ2n) is 4.56. The average molecular weight is 239 g/mol. The van der Waals surface area contributed by atoms with Crippen molar-refractivity contribution in [3.8, 4) is 0 Å². The summed E-state index contributed by atoms with van der Waals surface area (Å²) >= 11 is 0. The van der Waals surface area contributed by atoms with Crippen molar-refractivity contribution >= 4 is 23.3 Å². The Balaban J connectivity index is 0.00000128. The fourth-order valence-electron chi connectivity index (χ4n) is 1.94. The first-order valence-corrected chi connectivity index (χ1v) is 5.49. The highest BCUT2D eigenvalue weighted by molar-refractivity contribution is 5.85. The summed E-state index contributed by atoms with van der Waals surface area (Å²) in [5, 5.41) is 1.25. The van der Waals surface area contributed by atoms with E-state index in [9.17, 15) is 0 Å². The highest BCUT2D eigenvalue weighted by atomic mass is 35.5. The number of nitrogens with two attached hydrogens (primary N) is 1. The summed E-state index contributed by atoms with van der Waals surface area (Å²) in [6, 6.07) is 8.64. The van der Waals surface area contributed by atoms with Gasteiger partial charge in [-0.25, -0.2) is 0 Å². The molecule has 0 aliphatic rings. The topological polar surface area (TPSA) is 41.8 Å². The first kappa shape index (κ1) is 13.1. The summed E-state index contributed by atoms with van der Waals surface area (Å²) in [5.74, 6) is 0.638. The van der Waals surface area contributed by atoms with Gasteiger partial charge in [0.25, 0.3) is 0 Å². The fraction of sp³-hybridized carbons (Fsp3) is 0.385. The van der Waals surface area contributed by atoms with Crippen LogP contribution in [0.2, 0.25) is 0 Å². The van der Waals surface area contributed by atoms with Crippen LogP contribution in [0.1, 0.15) is 31.9 Å². The molecule has 0 spiro atoms. The number of hydrogen-bond acceptors (Lipinski definition) is 1. The number of H-pyrrole nitrogens is 1. The maximum atomic E-state index is 6.14. The van der Waals surface area contributed by atoms with Crippen LogP contribution in [0.4, 0.5) is 0 Å². The van der Waals surface area contributed by atoms with Crippen molar-refractivity contribution in [2.45, 2.75) is 26.3 Å². The minimum atomic E-state index is 0. The van der Waals surface area contributed by atoms with Crippen molar-refractivity contribution in [3.63, 3.8) is 0 Å². The molecule has 0 unspecified atom stereocenters. The summed E-state index contributed by atoms with van der Waals surface area (Å²) < 4.78 is 0. The van der Waals surface area contributed by atoms with E-state index in [1.54, 1.807) is 0 Å². The van der Waals surface area contributed by atoms with Crippen LogP contribution in [-0.4, -0.2) is 4.98 Å². The van der Waals surface area contributed by atoms with E-state index in [1.165, 1.54) is 16.5 Å². The number of aromatic nitrogens is 1. The SMILES string of the molecule is CC(C)C[C@H](N)c1ccc2cc[nH]c2c1.Cl. The van der Waals surface area contributed by atoms with Crippen LogP contribution < -0.4 is 5.73 Å². The molecule has 2 nitrogen and oxygen atoms in total. The number of fused-ring (bicyclic) bond motifs is 1. The van der Waals surface area contributed by atoms with Crippen LogP contribution in [0, 0.1) is 5.92 Å². The van der Waals surface area contributed by atoms with Gasteiger partial charge in [-0.2, -0.15) is 0 Å². The molecule has 0 bridgehead atoms. The molecule has 88 valence electrons. The monoisotopic (exact) mass is 238 g/mol. The lowest BCUT2D eigenvalue weighted by molar-refractivity contribution is 0.510. The van der Waals surface area contributed by atoms with E-state index < -0.39 is 0 Å². The van der Waals surface area contributed by atoms with Crippen molar-refractivity contribution in [2.24, 2.45) is 11.7 Å². The number of hydrogen-bond donors (Lipinski definition) is 2. The van der Waals surface area contributed by atoms with Gasteiger partial charge in [0.2, 0.25) is 0 Å². The Morgan fingerprint density at radius 3 is 2.69 bits per heavy atom. The van der Waals surface area contributed by atoms with Crippen LogP contribution in [0.15, 0.2) is 30.5 Å². The lowest BCUT2D eigenvalue weighted by Crippen LogP contribution is -2.12. The zero-order chi connectivity index (χ0) is 10.8. The molecule has 1 aromatic heterocycles. The third-order valence-corrected chi connectivity index (χ3v) is 2.73. The molecule has 1 atom stereocenters. The molecule has 0 saturated heterocycles. The molecule has 16 heavy (non-hydrogen) atoms. The van der Waals surface area contributed by atoms with E-state index >= 15 is 0 Å². The van der Waals surface area contributed by atoms with E-state index in [2.05, 4.69) is 43.1 Å². The van der Waals surface area contributed by atoms with Gasteiger partial charge in [-0.15, -0.1) is 12.4 Å². The molecule has 2 rings (SSSR count). The minimum absolute atomic E-state index is 0. The Bertz CT molecular complexity index is 448. The lowest BCUT2D eigenvalue weighted by Gasteiger charge is -2.14. The zero-order valence-corrected chi connectivity index (χ0v) is 10.6. The largest absolute Gasteiger partial charge is 0.361 e. The van der Waals surface area contributed by atoms with Crippen molar-refractivity contribution in [3.05, 3.63) is 36.0 Å². The summed E-state index contributed by atoms with van der Waals surface area (Å²) in [4.78, 5) is 3.21. The van der Waals surface area contributed by atoms with Crippen LogP contribution in [0.25, 0.3) is 10.9 Å². The molecule has 1 aromatic carbocycles. The molecule has 0 fully saturated rings. The Morgan fingerprint density at radius 2 is 2.00 bits per heavy atom. The highest BCUT2D eigenvalue weighted by Gasteiger charge is 2.08. The van der Waals surface area contributed by atoms with Crippen molar-refractivity contribution < 1.29 is 0 Å². The van der Waals surface area contributed by atoms with Gasteiger partial charge in [0.05, 0.1) is 0 Å². The van der Waals surface area contributed by atoms with Crippen LogP contribution in [0.5, 0.6) is 0 Å². The second-order valence-corrected chi connectivity index (χ2v) is 4.56. The standard InChI is InChI=1S/C13H18N2.ClH/c1-9(2)7-12(14)11-4-3-10-5-6-15-13(10)8-11;/h3-6,8-9,12,15H,7,14H2,1-2H3;1H/t12-;/m0./s1. The Kier molecular flexibility index (Phi) is 4.39. The predicted octanol–water partition coefficient (Wildman–Crippen LogP) is 3.64. The highest BCUT2D eigenvalue weighted by Crippen LogP contribution is 2.22. The Morgan fingerprint density at radius 1 is 1.25 bits per heavy atom. The molecule has 0 radical (unpaired) electrons. The number of benzene rings is 1. The van der Waals surface area contributed by atoms with Crippen molar-refractivity contribution in [2.75, 3.05) is 0 Å². The molecule has 2 aromatic rings. The van der Waals surface area contributed by atoms with Crippen LogP contribution in [-0.2, 0) is 0 Å². The van der Waals surface area contributed by atoms with Gasteiger partial charge in [-0.3, -0.25) is 0 Å². The number of rotatable bonds is 3. The fourth-order valence-corrected chi connectivity index (χ4v) is 1.94. The minimum Gasteiger partial charge on any atom is -0.361 e. The first-order chi connectivity index (χ1) is 7.16. The number of nitrogens with one attached hydrogen (secondary N) is 1. The number of halogens is 1. The molecule has 3 N–H and O–H groups in total. The van der Waals surface area contributed by atoms with E-state index in [0.29, 0.717) is 5.92 Å². The molecule has 0 saturated carbocycles. The summed E-state index contributed by atoms with van der Waals surface area (Å²) in [5.41, 5.74) is 8.54. The molecular formula is C13H19ClN2. The van der Waals surface area contributed by atoms with Gasteiger partial charge < -0.3 is 10.7 Å². The van der Waals surface area contributed by atoms with Crippen molar-refractivity contribution in [1.29, 1.82) is 0 Å². The van der Waals surface area contributed by atoms with Gasteiger partial charge in [-0.05, 0) is 35.4 Å². The Labute approximate surface area is 103 Å².